The summed E-state index contributed by atoms with van der Waals surface area (Å²) in [6, 6.07) is 15.7. The van der Waals surface area contributed by atoms with E-state index in [1.54, 1.807) is 48.5 Å². The first kappa shape index (κ1) is 32.4. The number of benzene rings is 3. The molecule has 0 aliphatic heterocycles. The van der Waals surface area contributed by atoms with Crippen LogP contribution in [0.1, 0.15) is 48.5 Å². The fraction of sp³-hybridized carbons (Fsp3) is 0.300. The van der Waals surface area contributed by atoms with Crippen LogP contribution in [0.2, 0.25) is 5.02 Å². The van der Waals surface area contributed by atoms with E-state index in [0.717, 1.165) is 11.0 Å². The highest BCUT2D eigenvalue weighted by Crippen LogP contribution is 2.39. The second kappa shape index (κ2) is 12.3. The van der Waals surface area contributed by atoms with E-state index in [2.05, 4.69) is 14.8 Å². The van der Waals surface area contributed by atoms with Crippen molar-refractivity contribution in [1.82, 2.24) is 0 Å². The lowest BCUT2D eigenvalue weighted by molar-refractivity contribution is -0.274. The predicted octanol–water partition coefficient (Wildman–Crippen LogP) is 8.44. The van der Waals surface area contributed by atoms with Crippen LogP contribution in [-0.4, -0.2) is 33.5 Å². The molecule has 0 atom stereocenters. The lowest BCUT2D eigenvalue weighted by Gasteiger charge is -2.28. The minimum Gasteiger partial charge on any atom is -0.493 e. The Hall–Kier alpha value is -3.48. The molecule has 230 valence electrons. The number of ether oxygens (including phenoxy) is 2. The molecule has 4 rings (SSSR count). The number of carbonyl (C=O) groups excluding carboxylic acids is 1. The molecule has 13 heteroatoms. The van der Waals surface area contributed by atoms with Gasteiger partial charge in [0.15, 0.2) is 0 Å². The SMILES string of the molecule is CC(C)COc1cc(OC(F)(F)F)cc(C(C)(C)c2cc(Cl)cc(NC(=O)c3cc4cc(NS(C)(=O)=O)ccc4s3)c2)c1. The third-order valence-electron chi connectivity index (χ3n) is 6.34. The third kappa shape index (κ3) is 8.77. The first-order chi connectivity index (χ1) is 19.9. The Balaban J connectivity index is 1.64. The lowest BCUT2D eigenvalue weighted by atomic mass is 9.78. The summed E-state index contributed by atoms with van der Waals surface area (Å²) in [5, 5.41) is 3.84. The normalized spacial score (nSPS) is 12.4. The predicted molar refractivity (Wildman–Crippen MR) is 165 cm³/mol. The number of carbonyl (C=O) groups is 1. The van der Waals surface area contributed by atoms with Crippen molar-refractivity contribution in [2.45, 2.75) is 39.5 Å². The van der Waals surface area contributed by atoms with Crippen molar-refractivity contribution in [3.8, 4) is 11.5 Å². The van der Waals surface area contributed by atoms with Gasteiger partial charge >= 0.3 is 6.36 Å². The Labute approximate surface area is 257 Å². The van der Waals surface area contributed by atoms with Crippen LogP contribution in [-0.2, 0) is 15.4 Å². The van der Waals surface area contributed by atoms with Gasteiger partial charge in [0.05, 0.1) is 17.7 Å². The van der Waals surface area contributed by atoms with Crippen molar-refractivity contribution in [3.63, 3.8) is 0 Å². The van der Waals surface area contributed by atoms with E-state index in [1.165, 1.54) is 23.5 Å². The maximum absolute atomic E-state index is 13.2. The summed E-state index contributed by atoms with van der Waals surface area (Å²) >= 11 is 7.67. The van der Waals surface area contributed by atoms with Crippen LogP contribution in [0.5, 0.6) is 11.5 Å². The number of thiophene rings is 1. The number of halogens is 4. The standard InChI is InChI=1S/C30H30ClF3N2O5S2/c1-17(2)16-40-24-12-20(13-25(15-24)41-30(32,33)34)29(3,4)19-10-21(31)14-23(11-19)35-28(37)27-9-18-8-22(36-43(5,38)39)6-7-26(18)42-27/h6-15,17,36H,16H2,1-5H3,(H,35,37). The molecule has 0 fully saturated rings. The molecule has 0 saturated heterocycles. The Bertz CT molecular complexity index is 1770. The number of amides is 1. The first-order valence-electron chi connectivity index (χ1n) is 13.1. The van der Waals surface area contributed by atoms with Crippen LogP contribution in [0, 0.1) is 5.92 Å². The zero-order valence-electron chi connectivity index (χ0n) is 23.9. The summed E-state index contributed by atoms with van der Waals surface area (Å²) in [6.07, 6.45) is -3.83. The fourth-order valence-corrected chi connectivity index (χ4v) is 6.01. The van der Waals surface area contributed by atoms with E-state index in [4.69, 9.17) is 16.3 Å². The summed E-state index contributed by atoms with van der Waals surface area (Å²) in [5.41, 5.74) is 0.990. The average molecular weight is 655 g/mol. The number of alkyl halides is 3. The largest absolute Gasteiger partial charge is 0.573 e. The Morgan fingerprint density at radius 2 is 1.63 bits per heavy atom. The van der Waals surface area contributed by atoms with Crippen molar-refractivity contribution in [2.75, 3.05) is 22.9 Å². The van der Waals surface area contributed by atoms with Gasteiger partial charge in [0.1, 0.15) is 11.5 Å². The molecule has 0 radical (unpaired) electrons. The summed E-state index contributed by atoms with van der Waals surface area (Å²) in [6.45, 7) is 7.79. The minimum absolute atomic E-state index is 0.148. The van der Waals surface area contributed by atoms with Crippen LogP contribution < -0.4 is 19.5 Å². The second-order valence-corrected chi connectivity index (χ2v) is 14.3. The molecule has 3 aromatic carbocycles. The molecule has 7 nitrogen and oxygen atoms in total. The Morgan fingerprint density at radius 1 is 0.953 bits per heavy atom. The molecule has 2 N–H and O–H groups in total. The van der Waals surface area contributed by atoms with Gasteiger partial charge in [-0.15, -0.1) is 24.5 Å². The van der Waals surface area contributed by atoms with Gasteiger partial charge in [-0.1, -0.05) is 39.3 Å². The highest BCUT2D eigenvalue weighted by atomic mass is 35.5. The number of fused-ring (bicyclic) bond motifs is 1. The van der Waals surface area contributed by atoms with Gasteiger partial charge < -0.3 is 14.8 Å². The van der Waals surface area contributed by atoms with Gasteiger partial charge in [0, 0.05) is 32.6 Å². The van der Waals surface area contributed by atoms with E-state index in [9.17, 15) is 26.4 Å². The Morgan fingerprint density at radius 3 is 2.28 bits per heavy atom. The molecule has 1 amide bonds. The van der Waals surface area contributed by atoms with E-state index in [1.807, 2.05) is 27.7 Å². The topological polar surface area (TPSA) is 93.7 Å². The number of rotatable bonds is 10. The van der Waals surface area contributed by atoms with Crippen molar-refractivity contribution in [2.24, 2.45) is 5.92 Å². The second-order valence-electron chi connectivity index (χ2n) is 11.0. The monoisotopic (exact) mass is 654 g/mol. The van der Waals surface area contributed by atoms with Gasteiger partial charge in [0.25, 0.3) is 5.91 Å². The summed E-state index contributed by atoms with van der Waals surface area (Å²) in [7, 11) is -3.46. The Kier molecular flexibility index (Phi) is 9.24. The quantitative estimate of drug-likeness (QED) is 0.179. The number of sulfonamides is 1. The highest BCUT2D eigenvalue weighted by molar-refractivity contribution is 7.92. The zero-order valence-corrected chi connectivity index (χ0v) is 26.3. The maximum Gasteiger partial charge on any atom is 0.573 e. The molecule has 1 aromatic heterocycles. The zero-order chi connectivity index (χ0) is 31.7. The molecule has 1 heterocycles. The van der Waals surface area contributed by atoms with Crippen molar-refractivity contribution < 1.29 is 35.9 Å². The van der Waals surface area contributed by atoms with Crippen LogP contribution >= 0.6 is 22.9 Å². The molecule has 0 unspecified atom stereocenters. The van der Waals surface area contributed by atoms with Crippen molar-refractivity contribution in [3.05, 3.63) is 81.7 Å². The number of hydrogen-bond donors (Lipinski definition) is 2. The van der Waals surface area contributed by atoms with E-state index >= 15 is 0 Å². The average Bonchev–Trinajstić information content (AvgIpc) is 3.29. The van der Waals surface area contributed by atoms with Crippen molar-refractivity contribution in [1.29, 1.82) is 0 Å². The fourth-order valence-electron chi connectivity index (χ4n) is 4.29. The third-order valence-corrected chi connectivity index (χ3v) is 8.28. The van der Waals surface area contributed by atoms with Crippen LogP contribution in [0.15, 0.2) is 60.7 Å². The van der Waals surface area contributed by atoms with Crippen LogP contribution in [0.25, 0.3) is 10.1 Å². The van der Waals surface area contributed by atoms with Crippen molar-refractivity contribution >= 4 is 60.3 Å². The lowest BCUT2D eigenvalue weighted by Crippen LogP contribution is -2.22. The van der Waals surface area contributed by atoms with E-state index < -0.39 is 33.5 Å². The number of hydrogen-bond acceptors (Lipinski definition) is 6. The number of anilines is 2. The molecule has 0 aliphatic carbocycles. The van der Waals surface area contributed by atoms with Gasteiger partial charge in [-0.3, -0.25) is 9.52 Å². The molecular formula is C30H30ClF3N2O5S2. The van der Waals surface area contributed by atoms with Gasteiger partial charge in [-0.2, -0.15) is 0 Å². The highest BCUT2D eigenvalue weighted by Gasteiger charge is 2.33. The summed E-state index contributed by atoms with van der Waals surface area (Å²) in [5.74, 6) is -0.439. The molecule has 0 aliphatic rings. The molecule has 0 saturated carbocycles. The molecule has 43 heavy (non-hydrogen) atoms. The van der Waals surface area contributed by atoms with E-state index in [-0.39, 0.29) is 11.7 Å². The van der Waals surface area contributed by atoms with Gasteiger partial charge in [0.2, 0.25) is 10.0 Å². The molecule has 4 aromatic rings. The summed E-state index contributed by atoms with van der Waals surface area (Å²) < 4.78 is 75.6. The molecule has 0 spiro atoms. The van der Waals surface area contributed by atoms with Crippen LogP contribution in [0.4, 0.5) is 24.5 Å². The minimum atomic E-state index is -4.88. The molecular weight excluding hydrogens is 625 g/mol. The number of nitrogens with one attached hydrogen (secondary N) is 2. The van der Waals surface area contributed by atoms with E-state index in [0.29, 0.717) is 44.4 Å². The van der Waals surface area contributed by atoms with Crippen LogP contribution in [0.3, 0.4) is 0 Å². The maximum atomic E-state index is 13.2. The summed E-state index contributed by atoms with van der Waals surface area (Å²) in [4.78, 5) is 13.6. The first-order valence-corrected chi connectivity index (χ1v) is 16.1. The smallest absolute Gasteiger partial charge is 0.493 e. The van der Waals surface area contributed by atoms with Gasteiger partial charge in [-0.25, -0.2) is 8.42 Å². The van der Waals surface area contributed by atoms with Gasteiger partial charge in [-0.05, 0) is 77.0 Å². The molecule has 0 bridgehead atoms.